The maximum Gasteiger partial charge on any atom is 0.285 e. The average molecular weight is 507 g/mol. The topological polar surface area (TPSA) is 67.9 Å². The van der Waals surface area contributed by atoms with E-state index in [1.54, 1.807) is 37.5 Å². The summed E-state index contributed by atoms with van der Waals surface area (Å²) >= 11 is 9.86. The molecule has 0 unspecified atom stereocenters. The number of amides is 2. The standard InChI is InChI=1S/C21H19BrN2O4S2/c1-3-10-28-17-9-6-15(22)11-14(17)12-18-20(26)24(21(29)30-18)23-19(25)13-4-7-16(27-2)8-5-13/h4-9,11-12H,3,10H2,1-2H3,(H,23,25)/b18-12+. The number of thiocarbonyl (C=S) groups is 1. The van der Waals surface area contributed by atoms with E-state index in [1.807, 2.05) is 25.1 Å². The van der Waals surface area contributed by atoms with Crippen molar-refractivity contribution in [2.75, 3.05) is 13.7 Å². The zero-order chi connectivity index (χ0) is 21.7. The highest BCUT2D eigenvalue weighted by Crippen LogP contribution is 2.34. The lowest BCUT2D eigenvalue weighted by atomic mass is 10.2. The van der Waals surface area contributed by atoms with Gasteiger partial charge in [-0.1, -0.05) is 34.6 Å². The van der Waals surface area contributed by atoms with Gasteiger partial charge in [-0.05, 0) is 67.2 Å². The minimum Gasteiger partial charge on any atom is -0.497 e. The maximum absolute atomic E-state index is 12.9. The highest BCUT2D eigenvalue weighted by molar-refractivity contribution is 9.10. The van der Waals surface area contributed by atoms with Crippen LogP contribution in [0.15, 0.2) is 51.8 Å². The molecule has 0 saturated carbocycles. The SMILES string of the molecule is CCCOc1ccc(Br)cc1/C=C1/SC(=S)N(NC(=O)c2ccc(OC)cc2)C1=O. The first-order valence-electron chi connectivity index (χ1n) is 9.08. The molecule has 0 aromatic heterocycles. The Morgan fingerprint density at radius 2 is 2.00 bits per heavy atom. The number of hydrogen-bond donors (Lipinski definition) is 1. The van der Waals surface area contributed by atoms with Gasteiger partial charge in [0.1, 0.15) is 11.5 Å². The van der Waals surface area contributed by atoms with Gasteiger partial charge in [-0.3, -0.25) is 15.0 Å². The second-order valence-electron chi connectivity index (χ2n) is 6.22. The van der Waals surface area contributed by atoms with Crippen molar-refractivity contribution in [1.82, 2.24) is 10.4 Å². The van der Waals surface area contributed by atoms with Gasteiger partial charge in [-0.15, -0.1) is 0 Å². The Hall–Kier alpha value is -2.36. The van der Waals surface area contributed by atoms with Gasteiger partial charge >= 0.3 is 0 Å². The molecule has 1 heterocycles. The lowest BCUT2D eigenvalue weighted by Gasteiger charge is -2.15. The van der Waals surface area contributed by atoms with Crippen LogP contribution in [0.4, 0.5) is 0 Å². The van der Waals surface area contributed by atoms with Crippen LogP contribution >= 0.6 is 39.9 Å². The first kappa shape index (κ1) is 22.3. The predicted octanol–water partition coefficient (Wildman–Crippen LogP) is 4.79. The van der Waals surface area contributed by atoms with Gasteiger partial charge < -0.3 is 9.47 Å². The summed E-state index contributed by atoms with van der Waals surface area (Å²) in [6, 6.07) is 12.2. The maximum atomic E-state index is 12.9. The first-order chi connectivity index (χ1) is 14.4. The minimum absolute atomic E-state index is 0.249. The van der Waals surface area contributed by atoms with Crippen LogP contribution in [0.3, 0.4) is 0 Å². The van der Waals surface area contributed by atoms with E-state index >= 15 is 0 Å². The third-order valence-corrected chi connectivity index (χ3v) is 5.87. The number of thioether (sulfide) groups is 1. The number of rotatable bonds is 7. The molecule has 0 atom stereocenters. The fourth-order valence-corrected chi connectivity index (χ4v) is 4.14. The monoisotopic (exact) mass is 506 g/mol. The first-order valence-corrected chi connectivity index (χ1v) is 11.1. The van der Waals surface area contributed by atoms with Crippen molar-refractivity contribution in [3.63, 3.8) is 0 Å². The van der Waals surface area contributed by atoms with Gasteiger partial charge in [-0.2, -0.15) is 5.01 Å². The van der Waals surface area contributed by atoms with E-state index in [0.29, 0.717) is 28.6 Å². The summed E-state index contributed by atoms with van der Waals surface area (Å²) in [4.78, 5) is 25.8. The molecule has 1 saturated heterocycles. The Morgan fingerprint density at radius 1 is 1.27 bits per heavy atom. The van der Waals surface area contributed by atoms with Crippen LogP contribution in [0.25, 0.3) is 6.08 Å². The Morgan fingerprint density at radius 3 is 2.67 bits per heavy atom. The molecule has 9 heteroatoms. The molecule has 2 amide bonds. The largest absolute Gasteiger partial charge is 0.497 e. The number of carbonyl (C=O) groups excluding carboxylic acids is 2. The highest BCUT2D eigenvalue weighted by atomic mass is 79.9. The molecule has 0 bridgehead atoms. The van der Waals surface area contributed by atoms with E-state index < -0.39 is 11.8 Å². The molecule has 1 aliphatic heterocycles. The van der Waals surface area contributed by atoms with Gasteiger partial charge in [0.05, 0.1) is 18.6 Å². The molecule has 1 fully saturated rings. The average Bonchev–Trinajstić information content (AvgIpc) is 3.00. The van der Waals surface area contributed by atoms with Gasteiger partial charge in [0.15, 0.2) is 4.32 Å². The number of hydrogen-bond acceptors (Lipinski definition) is 6. The van der Waals surface area contributed by atoms with Gasteiger partial charge in [0.2, 0.25) is 0 Å². The number of hydrazine groups is 1. The molecule has 1 aliphatic rings. The Kier molecular flexibility index (Phi) is 7.52. The van der Waals surface area contributed by atoms with Crippen molar-refractivity contribution >= 4 is 62.1 Å². The predicted molar refractivity (Wildman–Crippen MR) is 125 cm³/mol. The van der Waals surface area contributed by atoms with Gasteiger partial charge in [0, 0.05) is 15.6 Å². The van der Waals surface area contributed by atoms with Crippen LogP contribution in [0.1, 0.15) is 29.3 Å². The highest BCUT2D eigenvalue weighted by Gasteiger charge is 2.34. The molecular formula is C21H19BrN2O4S2. The second kappa shape index (κ2) is 10.1. The van der Waals surface area contributed by atoms with Crippen molar-refractivity contribution in [3.05, 3.63) is 63.0 Å². The number of methoxy groups -OCH3 is 1. The Bertz CT molecular complexity index is 1010. The fourth-order valence-electron chi connectivity index (χ4n) is 2.59. The van der Waals surface area contributed by atoms with Crippen LogP contribution in [0.5, 0.6) is 11.5 Å². The van der Waals surface area contributed by atoms with Gasteiger partial charge in [0.25, 0.3) is 11.8 Å². The quantitative estimate of drug-likeness (QED) is 0.430. The van der Waals surface area contributed by atoms with E-state index in [2.05, 4.69) is 21.4 Å². The van der Waals surface area contributed by atoms with E-state index in [-0.39, 0.29) is 4.32 Å². The van der Waals surface area contributed by atoms with Crippen LogP contribution in [0.2, 0.25) is 0 Å². The number of halogens is 1. The zero-order valence-electron chi connectivity index (χ0n) is 16.3. The summed E-state index contributed by atoms with van der Waals surface area (Å²) in [7, 11) is 1.55. The minimum atomic E-state index is -0.440. The third-order valence-electron chi connectivity index (χ3n) is 4.08. The molecule has 0 radical (unpaired) electrons. The summed E-state index contributed by atoms with van der Waals surface area (Å²) in [5.74, 6) is 0.473. The van der Waals surface area contributed by atoms with Crippen molar-refractivity contribution in [3.8, 4) is 11.5 Å². The lowest BCUT2D eigenvalue weighted by Crippen LogP contribution is -2.44. The lowest BCUT2D eigenvalue weighted by molar-refractivity contribution is -0.123. The van der Waals surface area contributed by atoms with Crippen LogP contribution in [-0.4, -0.2) is 34.9 Å². The molecular weight excluding hydrogens is 488 g/mol. The van der Waals surface area contributed by atoms with Crippen molar-refractivity contribution in [2.45, 2.75) is 13.3 Å². The van der Waals surface area contributed by atoms with Crippen LogP contribution in [-0.2, 0) is 4.79 Å². The Labute approximate surface area is 192 Å². The number of ether oxygens (including phenoxy) is 2. The molecule has 0 aliphatic carbocycles. The van der Waals surface area contributed by atoms with E-state index in [1.165, 1.54) is 0 Å². The summed E-state index contributed by atoms with van der Waals surface area (Å²) in [6.45, 7) is 2.59. The second-order valence-corrected chi connectivity index (χ2v) is 8.81. The number of nitrogens with zero attached hydrogens (tertiary/aromatic N) is 1. The van der Waals surface area contributed by atoms with Crippen molar-refractivity contribution in [1.29, 1.82) is 0 Å². The molecule has 6 nitrogen and oxygen atoms in total. The van der Waals surface area contributed by atoms with E-state index in [0.717, 1.165) is 33.2 Å². The molecule has 2 aromatic carbocycles. The summed E-state index contributed by atoms with van der Waals surface area (Å²) in [5, 5.41) is 1.09. The van der Waals surface area contributed by atoms with Crippen LogP contribution < -0.4 is 14.9 Å². The van der Waals surface area contributed by atoms with Crippen LogP contribution in [0, 0.1) is 0 Å². The number of carbonyl (C=O) groups is 2. The molecule has 0 spiro atoms. The summed E-state index contributed by atoms with van der Waals surface area (Å²) in [5.41, 5.74) is 3.70. The fraction of sp³-hybridized carbons (Fsp3) is 0.190. The molecule has 1 N–H and O–H groups in total. The van der Waals surface area contributed by atoms with E-state index in [4.69, 9.17) is 21.7 Å². The summed E-state index contributed by atoms with van der Waals surface area (Å²) < 4.78 is 12.0. The van der Waals surface area contributed by atoms with E-state index in [9.17, 15) is 9.59 Å². The van der Waals surface area contributed by atoms with Crippen molar-refractivity contribution < 1.29 is 19.1 Å². The van der Waals surface area contributed by atoms with Gasteiger partial charge in [-0.25, -0.2) is 0 Å². The normalized spacial score (nSPS) is 14.9. The zero-order valence-corrected chi connectivity index (χ0v) is 19.5. The van der Waals surface area contributed by atoms with Crippen molar-refractivity contribution in [2.24, 2.45) is 0 Å². The number of benzene rings is 2. The number of nitrogens with one attached hydrogen (secondary N) is 1. The third kappa shape index (κ3) is 5.21. The Balaban J connectivity index is 1.79. The summed E-state index contributed by atoms with van der Waals surface area (Å²) in [6.07, 6.45) is 2.59. The molecule has 156 valence electrons. The molecule has 3 rings (SSSR count). The smallest absolute Gasteiger partial charge is 0.285 e. The molecule has 30 heavy (non-hydrogen) atoms. The molecule has 2 aromatic rings.